The molecule has 0 aliphatic heterocycles. The van der Waals surface area contributed by atoms with Gasteiger partial charge in [-0.3, -0.25) is 4.72 Å². The van der Waals surface area contributed by atoms with E-state index >= 15 is 0 Å². The molecule has 6 nitrogen and oxygen atoms in total. The number of sulfonamides is 1. The highest BCUT2D eigenvalue weighted by molar-refractivity contribution is 7.93. The molecule has 0 radical (unpaired) electrons. The maximum absolute atomic E-state index is 12.5. The fourth-order valence-electron chi connectivity index (χ4n) is 2.07. The van der Waals surface area contributed by atoms with E-state index in [9.17, 15) is 8.42 Å². The zero-order valence-corrected chi connectivity index (χ0v) is 12.1. The molecule has 3 aromatic rings. The van der Waals surface area contributed by atoms with Crippen LogP contribution in [0.5, 0.6) is 0 Å². The van der Waals surface area contributed by atoms with Gasteiger partial charge in [0.05, 0.1) is 5.69 Å². The van der Waals surface area contributed by atoms with Crippen LogP contribution < -0.4 is 10.5 Å². The number of nitrogens with zero attached hydrogens (tertiary/aromatic N) is 1. The number of aromatic amines is 1. The summed E-state index contributed by atoms with van der Waals surface area (Å²) in [6.45, 7) is 1.86. The number of rotatable bonds is 3. The molecule has 1 aromatic carbocycles. The molecule has 21 heavy (non-hydrogen) atoms. The lowest BCUT2D eigenvalue weighted by Gasteiger charge is -2.09. The Morgan fingerprint density at radius 3 is 2.86 bits per heavy atom. The van der Waals surface area contributed by atoms with E-state index in [1.54, 1.807) is 36.5 Å². The van der Waals surface area contributed by atoms with Gasteiger partial charge in [0.2, 0.25) is 0 Å². The Hall–Kier alpha value is -2.54. The van der Waals surface area contributed by atoms with Crippen molar-refractivity contribution < 1.29 is 8.42 Å². The average Bonchev–Trinajstić information content (AvgIpc) is 2.87. The number of aromatic nitrogens is 2. The van der Waals surface area contributed by atoms with Gasteiger partial charge in [-0.1, -0.05) is 6.07 Å². The monoisotopic (exact) mass is 302 g/mol. The summed E-state index contributed by atoms with van der Waals surface area (Å²) in [6, 6.07) is 8.44. The molecule has 3 rings (SSSR count). The third kappa shape index (κ3) is 2.43. The number of anilines is 2. The topological polar surface area (TPSA) is 101 Å². The quantitative estimate of drug-likeness (QED) is 0.646. The van der Waals surface area contributed by atoms with Crippen LogP contribution in [0.2, 0.25) is 0 Å². The number of nitrogens with two attached hydrogens (primary N) is 1. The summed E-state index contributed by atoms with van der Waals surface area (Å²) in [5.41, 5.74) is 8.19. The van der Waals surface area contributed by atoms with Gasteiger partial charge in [0.25, 0.3) is 10.0 Å². The van der Waals surface area contributed by atoms with Crippen molar-refractivity contribution in [1.29, 1.82) is 0 Å². The molecule has 2 heterocycles. The number of fused-ring (bicyclic) bond motifs is 1. The molecule has 0 bridgehead atoms. The van der Waals surface area contributed by atoms with Gasteiger partial charge in [0.15, 0.2) is 0 Å². The molecule has 4 N–H and O–H groups in total. The van der Waals surface area contributed by atoms with E-state index < -0.39 is 10.0 Å². The van der Waals surface area contributed by atoms with Crippen molar-refractivity contribution in [3.8, 4) is 0 Å². The Morgan fingerprint density at radius 1 is 1.29 bits per heavy atom. The molecule has 0 aliphatic carbocycles. The molecule has 0 atom stereocenters. The summed E-state index contributed by atoms with van der Waals surface area (Å²) in [5, 5.41) is 0.546. The molecule has 0 fully saturated rings. The van der Waals surface area contributed by atoms with E-state index in [2.05, 4.69) is 14.7 Å². The number of hydrogen-bond donors (Lipinski definition) is 3. The van der Waals surface area contributed by atoms with Crippen molar-refractivity contribution in [2.24, 2.45) is 0 Å². The first-order valence-corrected chi connectivity index (χ1v) is 7.77. The van der Waals surface area contributed by atoms with Crippen molar-refractivity contribution in [2.75, 3.05) is 10.5 Å². The van der Waals surface area contributed by atoms with E-state index in [1.165, 1.54) is 6.20 Å². The third-order valence-corrected chi connectivity index (χ3v) is 4.66. The molecule has 2 aromatic heterocycles. The Labute approximate surface area is 122 Å². The summed E-state index contributed by atoms with van der Waals surface area (Å²) >= 11 is 0. The smallest absolute Gasteiger partial charge is 0.264 e. The van der Waals surface area contributed by atoms with Gasteiger partial charge < -0.3 is 10.7 Å². The second kappa shape index (κ2) is 4.78. The first kappa shape index (κ1) is 13.4. The molecule has 108 valence electrons. The molecule has 0 unspecified atom stereocenters. The highest BCUT2D eigenvalue weighted by atomic mass is 32.2. The highest BCUT2D eigenvalue weighted by Gasteiger charge is 2.19. The summed E-state index contributed by atoms with van der Waals surface area (Å²) in [6.07, 6.45) is 3.03. The SMILES string of the molecule is Cc1ccc(NS(=O)(=O)c2c[nH]c3ncccc23)cc1N. The van der Waals surface area contributed by atoms with Gasteiger partial charge in [-0.15, -0.1) is 0 Å². The molecular formula is C14H14N4O2S. The van der Waals surface area contributed by atoms with Gasteiger partial charge in [0.1, 0.15) is 10.5 Å². The second-order valence-corrected chi connectivity index (χ2v) is 6.38. The second-order valence-electron chi connectivity index (χ2n) is 4.73. The van der Waals surface area contributed by atoms with Gasteiger partial charge >= 0.3 is 0 Å². The van der Waals surface area contributed by atoms with E-state index in [0.29, 0.717) is 22.4 Å². The minimum absolute atomic E-state index is 0.157. The fourth-order valence-corrected chi connectivity index (χ4v) is 3.28. The molecule has 0 aliphatic rings. The maximum Gasteiger partial charge on any atom is 0.264 e. The van der Waals surface area contributed by atoms with E-state index in [0.717, 1.165) is 5.56 Å². The van der Waals surface area contributed by atoms with Crippen molar-refractivity contribution in [1.82, 2.24) is 9.97 Å². The molecule has 0 saturated carbocycles. The van der Waals surface area contributed by atoms with Gasteiger partial charge in [-0.25, -0.2) is 13.4 Å². The number of H-pyrrole nitrogens is 1. The Balaban J connectivity index is 2.02. The average molecular weight is 302 g/mol. The van der Waals surface area contributed by atoms with Crippen molar-refractivity contribution in [3.63, 3.8) is 0 Å². The largest absolute Gasteiger partial charge is 0.398 e. The van der Waals surface area contributed by atoms with Crippen LogP contribution in [0.3, 0.4) is 0 Å². The van der Waals surface area contributed by atoms with E-state index in [4.69, 9.17) is 5.73 Å². The number of nitrogen functional groups attached to an aromatic ring is 1. The number of benzene rings is 1. The molecule has 0 amide bonds. The van der Waals surface area contributed by atoms with E-state index in [-0.39, 0.29) is 4.90 Å². The first-order chi connectivity index (χ1) is 9.97. The molecular weight excluding hydrogens is 288 g/mol. The van der Waals surface area contributed by atoms with Crippen LogP contribution in [-0.2, 0) is 10.0 Å². The summed E-state index contributed by atoms with van der Waals surface area (Å²) in [5.74, 6) is 0. The zero-order valence-electron chi connectivity index (χ0n) is 11.3. The molecule has 0 saturated heterocycles. The lowest BCUT2D eigenvalue weighted by molar-refractivity contribution is 0.602. The molecule has 7 heteroatoms. The highest BCUT2D eigenvalue weighted by Crippen LogP contribution is 2.24. The van der Waals surface area contributed by atoms with Crippen LogP contribution in [0.4, 0.5) is 11.4 Å². The Bertz CT molecular complexity index is 916. The Morgan fingerprint density at radius 2 is 2.10 bits per heavy atom. The lowest BCUT2D eigenvalue weighted by Crippen LogP contribution is -2.12. The van der Waals surface area contributed by atoms with E-state index in [1.807, 2.05) is 6.92 Å². The van der Waals surface area contributed by atoms with Gasteiger partial charge in [-0.05, 0) is 36.8 Å². The predicted molar refractivity (Wildman–Crippen MR) is 82.5 cm³/mol. The maximum atomic E-state index is 12.5. The van der Waals surface area contributed by atoms with Crippen molar-refractivity contribution in [2.45, 2.75) is 11.8 Å². The summed E-state index contributed by atoms with van der Waals surface area (Å²) in [4.78, 5) is 7.08. The summed E-state index contributed by atoms with van der Waals surface area (Å²) in [7, 11) is -3.70. The zero-order chi connectivity index (χ0) is 15.0. The lowest BCUT2D eigenvalue weighted by atomic mass is 10.2. The van der Waals surface area contributed by atoms with Gasteiger partial charge in [0, 0.05) is 23.5 Å². The van der Waals surface area contributed by atoms with Crippen LogP contribution in [-0.4, -0.2) is 18.4 Å². The van der Waals surface area contributed by atoms with Crippen molar-refractivity contribution >= 4 is 32.4 Å². The van der Waals surface area contributed by atoms with Crippen LogP contribution in [0, 0.1) is 6.92 Å². The fraction of sp³-hybridized carbons (Fsp3) is 0.0714. The summed E-state index contributed by atoms with van der Waals surface area (Å²) < 4.78 is 27.5. The minimum Gasteiger partial charge on any atom is -0.398 e. The number of aryl methyl sites for hydroxylation is 1. The number of hydrogen-bond acceptors (Lipinski definition) is 4. The third-order valence-electron chi connectivity index (χ3n) is 3.23. The van der Waals surface area contributed by atoms with Gasteiger partial charge in [-0.2, -0.15) is 0 Å². The number of nitrogens with one attached hydrogen (secondary N) is 2. The molecule has 0 spiro atoms. The van der Waals surface area contributed by atoms with Crippen molar-refractivity contribution in [3.05, 3.63) is 48.3 Å². The minimum atomic E-state index is -3.70. The first-order valence-electron chi connectivity index (χ1n) is 6.28. The van der Waals surface area contributed by atoms with Crippen LogP contribution in [0.1, 0.15) is 5.56 Å². The standard InChI is InChI=1S/C14H14N4O2S/c1-9-4-5-10(7-12(9)15)18-21(19,20)13-8-17-14-11(13)3-2-6-16-14/h2-8,18H,15H2,1H3,(H,16,17). The normalized spacial score (nSPS) is 11.7. The number of pyridine rings is 1. The van der Waals surface area contributed by atoms with Crippen LogP contribution in [0.15, 0.2) is 47.6 Å². The van der Waals surface area contributed by atoms with Crippen LogP contribution >= 0.6 is 0 Å². The van der Waals surface area contributed by atoms with Crippen LogP contribution in [0.25, 0.3) is 11.0 Å². The Kier molecular flexibility index (Phi) is 3.06. The predicted octanol–water partition coefficient (Wildman–Crippen LogP) is 2.25.